The second kappa shape index (κ2) is 9.21. The van der Waals surface area contributed by atoms with Crippen molar-refractivity contribution in [1.29, 1.82) is 0 Å². The number of para-hydroxylation sites is 2. The van der Waals surface area contributed by atoms with E-state index in [0.29, 0.717) is 18.9 Å². The number of rotatable bonds is 3. The van der Waals surface area contributed by atoms with Crippen LogP contribution in [0.2, 0.25) is 0 Å². The summed E-state index contributed by atoms with van der Waals surface area (Å²) in [6.45, 7) is 8.01. The molecular formula is C28H38N4O2. The molecule has 5 rings (SSSR count). The number of ketones is 1. The highest BCUT2D eigenvalue weighted by atomic mass is 16.2. The van der Waals surface area contributed by atoms with E-state index in [1.54, 1.807) is 0 Å². The molecule has 4 aliphatic rings. The Morgan fingerprint density at radius 3 is 2.59 bits per heavy atom. The molecule has 6 heteroatoms. The number of allylic oxidation sites excluding steroid dienone is 3. The second-order valence-electron chi connectivity index (χ2n) is 11.3. The van der Waals surface area contributed by atoms with Crippen LogP contribution in [0.25, 0.3) is 0 Å². The fourth-order valence-electron chi connectivity index (χ4n) is 6.17. The van der Waals surface area contributed by atoms with Crippen molar-refractivity contribution in [2.24, 2.45) is 11.3 Å². The molecule has 6 nitrogen and oxygen atoms in total. The van der Waals surface area contributed by atoms with Crippen LogP contribution in [0.4, 0.5) is 11.4 Å². The molecule has 0 bridgehead atoms. The minimum Gasteiger partial charge on any atom is -0.357 e. The van der Waals surface area contributed by atoms with Crippen LogP contribution >= 0.6 is 0 Å². The lowest BCUT2D eigenvalue weighted by Gasteiger charge is -2.42. The highest BCUT2D eigenvalue weighted by Gasteiger charge is 2.44. The zero-order valence-corrected chi connectivity index (χ0v) is 20.8. The van der Waals surface area contributed by atoms with Crippen LogP contribution < -0.4 is 10.2 Å². The predicted octanol–water partition coefficient (Wildman–Crippen LogP) is 4.06. The van der Waals surface area contributed by atoms with E-state index < -0.39 is 0 Å². The quantitative estimate of drug-likeness (QED) is 0.687. The molecule has 1 N–H and O–H groups in total. The third-order valence-corrected chi connectivity index (χ3v) is 7.97. The van der Waals surface area contributed by atoms with Gasteiger partial charge in [0.1, 0.15) is 0 Å². The standard InChI is InChI=1S/C28H38N4O2/c1-28(2)17-22-26(24(33)18-28)27(20-9-5-4-6-10-20)32(23-12-8-7-11-21(23)29-22)19-25(34)31-15-13-30(3)14-16-31/h4-5,7-8,11-12,20,27,29H,6,9-10,13-19H2,1-3H3/t20-,27+/m0/s1. The van der Waals surface area contributed by atoms with Crippen molar-refractivity contribution in [2.75, 3.05) is 50.0 Å². The van der Waals surface area contributed by atoms with Gasteiger partial charge in [-0.3, -0.25) is 9.59 Å². The first-order valence-electron chi connectivity index (χ1n) is 12.8. The van der Waals surface area contributed by atoms with E-state index in [0.717, 1.165) is 74.5 Å². The van der Waals surface area contributed by atoms with Crippen LogP contribution in [-0.2, 0) is 9.59 Å². The van der Waals surface area contributed by atoms with Crippen molar-refractivity contribution in [3.8, 4) is 0 Å². The van der Waals surface area contributed by atoms with Gasteiger partial charge >= 0.3 is 0 Å². The van der Waals surface area contributed by atoms with E-state index in [1.807, 2.05) is 17.0 Å². The summed E-state index contributed by atoms with van der Waals surface area (Å²) in [4.78, 5) is 33.9. The maximum atomic E-state index is 13.7. The largest absolute Gasteiger partial charge is 0.357 e. The molecule has 0 spiro atoms. The molecule has 2 heterocycles. The van der Waals surface area contributed by atoms with Gasteiger partial charge in [0.2, 0.25) is 5.91 Å². The number of amides is 1. The van der Waals surface area contributed by atoms with E-state index >= 15 is 0 Å². The van der Waals surface area contributed by atoms with Gasteiger partial charge in [-0.15, -0.1) is 0 Å². The third-order valence-electron chi connectivity index (χ3n) is 7.97. The van der Waals surface area contributed by atoms with Crippen LogP contribution in [0.5, 0.6) is 0 Å². The first-order chi connectivity index (χ1) is 16.3. The Bertz CT molecular complexity index is 1020. The highest BCUT2D eigenvalue weighted by molar-refractivity contribution is 6.01. The number of anilines is 2. The van der Waals surface area contributed by atoms with Gasteiger partial charge in [-0.25, -0.2) is 0 Å². The van der Waals surface area contributed by atoms with Crippen molar-refractivity contribution in [3.63, 3.8) is 0 Å². The molecule has 1 amide bonds. The average molecular weight is 463 g/mol. The number of carbonyl (C=O) groups excluding carboxylic acids is 2. The Morgan fingerprint density at radius 1 is 1.09 bits per heavy atom. The molecule has 2 aliphatic carbocycles. The fourth-order valence-corrected chi connectivity index (χ4v) is 6.17. The molecule has 2 atom stereocenters. The normalized spacial score (nSPS) is 27.1. The molecule has 1 fully saturated rings. The predicted molar refractivity (Wildman–Crippen MR) is 137 cm³/mol. The Balaban J connectivity index is 1.58. The lowest BCUT2D eigenvalue weighted by atomic mass is 9.71. The van der Waals surface area contributed by atoms with Gasteiger partial charge in [0.25, 0.3) is 0 Å². The van der Waals surface area contributed by atoms with Gasteiger partial charge < -0.3 is 20.0 Å². The lowest BCUT2D eigenvalue weighted by molar-refractivity contribution is -0.131. The van der Waals surface area contributed by atoms with E-state index in [-0.39, 0.29) is 23.1 Å². The molecule has 0 radical (unpaired) electrons. The topological polar surface area (TPSA) is 55.9 Å². The van der Waals surface area contributed by atoms with Gasteiger partial charge in [-0.1, -0.05) is 38.1 Å². The number of fused-ring (bicyclic) bond motifs is 1. The van der Waals surface area contributed by atoms with E-state index in [4.69, 9.17) is 0 Å². The van der Waals surface area contributed by atoms with Gasteiger partial charge in [-0.05, 0) is 56.2 Å². The van der Waals surface area contributed by atoms with E-state index in [2.05, 4.69) is 60.3 Å². The number of hydrogen-bond acceptors (Lipinski definition) is 5. The minimum atomic E-state index is -0.0869. The summed E-state index contributed by atoms with van der Waals surface area (Å²) in [7, 11) is 2.11. The van der Waals surface area contributed by atoms with E-state index in [9.17, 15) is 9.59 Å². The maximum Gasteiger partial charge on any atom is 0.242 e. The summed E-state index contributed by atoms with van der Waals surface area (Å²) >= 11 is 0. The van der Waals surface area contributed by atoms with Crippen molar-refractivity contribution in [2.45, 2.75) is 52.0 Å². The Kier molecular flexibility index (Phi) is 6.28. The number of hydrogen-bond donors (Lipinski definition) is 1. The second-order valence-corrected chi connectivity index (χ2v) is 11.3. The van der Waals surface area contributed by atoms with Gasteiger partial charge in [0.05, 0.1) is 24.0 Å². The first-order valence-corrected chi connectivity index (χ1v) is 12.8. The summed E-state index contributed by atoms with van der Waals surface area (Å²) in [6.07, 6.45) is 8.93. The Hall–Kier alpha value is -2.60. The highest BCUT2D eigenvalue weighted by Crippen LogP contribution is 2.46. The molecule has 1 saturated heterocycles. The summed E-state index contributed by atoms with van der Waals surface area (Å²) in [5.74, 6) is 0.712. The number of nitrogens with zero attached hydrogens (tertiary/aromatic N) is 3. The van der Waals surface area contributed by atoms with Gasteiger partial charge in [-0.2, -0.15) is 0 Å². The average Bonchev–Trinajstić information content (AvgIpc) is 2.94. The number of piperazine rings is 1. The van der Waals surface area contributed by atoms with Crippen LogP contribution in [0.1, 0.15) is 46.0 Å². The van der Waals surface area contributed by atoms with Gasteiger partial charge in [0.15, 0.2) is 5.78 Å². The lowest BCUT2D eigenvalue weighted by Crippen LogP contribution is -2.53. The number of benzene rings is 1. The molecule has 0 unspecified atom stereocenters. The zero-order valence-electron chi connectivity index (χ0n) is 20.8. The number of likely N-dealkylation sites (N-methyl/N-ethyl adjacent to an activating group) is 1. The van der Waals surface area contributed by atoms with Crippen LogP contribution in [0.3, 0.4) is 0 Å². The minimum absolute atomic E-state index is 0.0697. The Labute approximate surface area is 203 Å². The molecule has 0 aromatic heterocycles. The Morgan fingerprint density at radius 2 is 1.85 bits per heavy atom. The van der Waals surface area contributed by atoms with Crippen molar-refractivity contribution in [3.05, 3.63) is 47.7 Å². The van der Waals surface area contributed by atoms with Crippen molar-refractivity contribution in [1.82, 2.24) is 9.80 Å². The van der Waals surface area contributed by atoms with Crippen molar-refractivity contribution >= 4 is 23.1 Å². The molecule has 2 aliphatic heterocycles. The number of carbonyl (C=O) groups is 2. The molecule has 1 aromatic carbocycles. The van der Waals surface area contributed by atoms with Crippen LogP contribution in [0, 0.1) is 11.3 Å². The molecular weight excluding hydrogens is 424 g/mol. The SMILES string of the molecule is CN1CCN(C(=O)CN2c3ccccc3NC3=C(C(=O)CC(C)(C)C3)[C@H]2[C@H]2CC=CCC2)CC1. The number of Topliss-reactive ketones (excluding diaryl/α,β-unsaturated/α-hetero) is 1. The van der Waals surface area contributed by atoms with E-state index in [1.165, 1.54) is 0 Å². The summed E-state index contributed by atoms with van der Waals surface area (Å²) in [5, 5.41) is 3.67. The smallest absolute Gasteiger partial charge is 0.242 e. The molecule has 1 aromatic rings. The van der Waals surface area contributed by atoms with Crippen molar-refractivity contribution < 1.29 is 9.59 Å². The maximum absolute atomic E-state index is 13.7. The summed E-state index contributed by atoms with van der Waals surface area (Å²) in [6, 6.07) is 8.19. The van der Waals surface area contributed by atoms with Crippen LogP contribution in [0.15, 0.2) is 47.7 Å². The summed E-state index contributed by atoms with van der Waals surface area (Å²) < 4.78 is 0. The molecule has 34 heavy (non-hydrogen) atoms. The van der Waals surface area contributed by atoms with Crippen LogP contribution in [-0.4, -0.2) is 67.3 Å². The molecule has 182 valence electrons. The first kappa shape index (κ1) is 23.2. The third kappa shape index (κ3) is 4.52. The molecule has 0 saturated carbocycles. The fraction of sp³-hybridized carbons (Fsp3) is 0.571. The van der Waals surface area contributed by atoms with Gasteiger partial charge in [0, 0.05) is 43.9 Å². The monoisotopic (exact) mass is 462 g/mol. The number of nitrogens with one attached hydrogen (secondary N) is 1. The summed E-state index contributed by atoms with van der Waals surface area (Å²) in [5.41, 5.74) is 3.94. The zero-order chi connectivity index (χ0) is 23.9.